The van der Waals surface area contributed by atoms with Gasteiger partial charge in [0.25, 0.3) is 11.8 Å². The molecule has 3 aromatic rings. The van der Waals surface area contributed by atoms with Gasteiger partial charge in [-0.15, -0.1) is 5.10 Å². The molecule has 9 heteroatoms. The van der Waals surface area contributed by atoms with Gasteiger partial charge in [-0.05, 0) is 18.9 Å². The molecule has 0 aliphatic carbocycles. The van der Waals surface area contributed by atoms with Crippen LogP contribution in [0.15, 0.2) is 36.5 Å². The molecule has 1 aliphatic rings. The lowest BCUT2D eigenvalue weighted by Gasteiger charge is -2.20. The molecule has 4 rings (SSSR count). The van der Waals surface area contributed by atoms with Crippen LogP contribution in [0.5, 0.6) is 0 Å². The van der Waals surface area contributed by atoms with Crippen molar-refractivity contribution in [2.75, 3.05) is 11.9 Å². The highest BCUT2D eigenvalue weighted by molar-refractivity contribution is 6.01. The highest BCUT2D eigenvalue weighted by Gasteiger charge is 2.31. The number of anilines is 1. The summed E-state index contributed by atoms with van der Waals surface area (Å²) < 4.78 is 1.78. The van der Waals surface area contributed by atoms with Crippen LogP contribution >= 0.6 is 0 Å². The molecule has 0 spiro atoms. The molecule has 0 bridgehead atoms. The molecular formula is C19H21N7O2. The first kappa shape index (κ1) is 17.9. The highest BCUT2D eigenvalue weighted by Crippen LogP contribution is 2.23. The van der Waals surface area contributed by atoms with Crippen LogP contribution in [0.4, 0.5) is 5.82 Å². The molecule has 0 radical (unpaired) electrons. The third kappa shape index (κ3) is 3.38. The second-order valence-corrected chi connectivity index (χ2v) is 6.85. The summed E-state index contributed by atoms with van der Waals surface area (Å²) in [6.45, 7) is 2.45. The number of hydrogen-bond acceptors (Lipinski definition) is 5. The number of likely N-dealkylation sites (N-methyl/N-ethyl adjacent to an activating group) is 1. The Labute approximate surface area is 161 Å². The number of amides is 2. The summed E-state index contributed by atoms with van der Waals surface area (Å²) in [6, 6.07) is 9.13. The van der Waals surface area contributed by atoms with Crippen molar-refractivity contribution in [2.24, 2.45) is 0 Å². The zero-order chi connectivity index (χ0) is 19.7. The van der Waals surface area contributed by atoms with E-state index in [1.165, 1.54) is 0 Å². The van der Waals surface area contributed by atoms with Gasteiger partial charge in [0.2, 0.25) is 5.82 Å². The summed E-state index contributed by atoms with van der Waals surface area (Å²) >= 11 is 0. The molecule has 0 unspecified atom stereocenters. The predicted molar refractivity (Wildman–Crippen MR) is 102 cm³/mol. The lowest BCUT2D eigenvalue weighted by atomic mass is 10.1. The van der Waals surface area contributed by atoms with Crippen molar-refractivity contribution in [3.05, 3.63) is 59.3 Å². The van der Waals surface area contributed by atoms with Crippen molar-refractivity contribution in [1.29, 1.82) is 0 Å². The average Bonchev–Trinajstić information content (AvgIpc) is 3.28. The quantitative estimate of drug-likeness (QED) is 0.705. The largest absolute Gasteiger partial charge is 0.337 e. The number of aromatic nitrogens is 5. The predicted octanol–water partition coefficient (Wildman–Crippen LogP) is 1.07. The minimum atomic E-state index is -0.658. The van der Waals surface area contributed by atoms with Gasteiger partial charge in [0.05, 0.1) is 6.20 Å². The van der Waals surface area contributed by atoms with Crippen LogP contribution in [0, 0.1) is 6.92 Å². The molecule has 3 heterocycles. The van der Waals surface area contributed by atoms with E-state index in [0.717, 1.165) is 16.9 Å². The van der Waals surface area contributed by atoms with E-state index in [-0.39, 0.29) is 11.7 Å². The van der Waals surface area contributed by atoms with Crippen LogP contribution in [0.25, 0.3) is 0 Å². The van der Waals surface area contributed by atoms with Gasteiger partial charge in [0, 0.05) is 25.6 Å². The first-order valence-electron chi connectivity index (χ1n) is 9.09. The SMILES string of the molecule is Cc1cnn2c1N(C)C(=O)[C@H](NC(=O)c1n[nH]c(Cc3ccccc3)n1)CC2. The number of fused-ring (bicyclic) bond motifs is 1. The van der Waals surface area contributed by atoms with Crippen molar-refractivity contribution in [3.8, 4) is 0 Å². The molecule has 0 fully saturated rings. The molecule has 144 valence electrons. The van der Waals surface area contributed by atoms with Crippen molar-refractivity contribution >= 4 is 17.6 Å². The first-order chi connectivity index (χ1) is 13.5. The Morgan fingerprint density at radius 2 is 2.11 bits per heavy atom. The summed E-state index contributed by atoms with van der Waals surface area (Å²) in [5, 5.41) is 13.8. The van der Waals surface area contributed by atoms with Gasteiger partial charge < -0.3 is 5.32 Å². The zero-order valence-electron chi connectivity index (χ0n) is 15.7. The topological polar surface area (TPSA) is 109 Å². The average molecular weight is 379 g/mol. The van der Waals surface area contributed by atoms with E-state index < -0.39 is 11.9 Å². The van der Waals surface area contributed by atoms with Crippen molar-refractivity contribution in [3.63, 3.8) is 0 Å². The third-order valence-corrected chi connectivity index (χ3v) is 4.82. The van der Waals surface area contributed by atoms with E-state index in [4.69, 9.17) is 0 Å². The number of hydrogen-bond donors (Lipinski definition) is 2. The fourth-order valence-electron chi connectivity index (χ4n) is 3.41. The maximum absolute atomic E-state index is 12.8. The van der Waals surface area contributed by atoms with E-state index in [2.05, 4.69) is 25.6 Å². The van der Waals surface area contributed by atoms with Crippen LogP contribution in [-0.2, 0) is 17.8 Å². The number of carbonyl (C=O) groups excluding carboxylic acids is 2. The number of rotatable bonds is 4. The second kappa shape index (κ2) is 7.26. The van der Waals surface area contributed by atoms with E-state index in [1.54, 1.807) is 22.8 Å². The van der Waals surface area contributed by atoms with Crippen LogP contribution in [-0.4, -0.2) is 49.9 Å². The molecule has 2 amide bonds. The normalized spacial score (nSPS) is 16.6. The smallest absolute Gasteiger partial charge is 0.291 e. The lowest BCUT2D eigenvalue weighted by Crippen LogP contribution is -2.47. The number of nitrogens with one attached hydrogen (secondary N) is 2. The van der Waals surface area contributed by atoms with Gasteiger partial charge in [-0.2, -0.15) is 5.10 Å². The van der Waals surface area contributed by atoms with Gasteiger partial charge in [-0.25, -0.2) is 9.67 Å². The molecule has 9 nitrogen and oxygen atoms in total. The molecule has 1 atom stereocenters. The summed E-state index contributed by atoms with van der Waals surface area (Å²) in [5.41, 5.74) is 1.98. The number of aryl methyl sites for hydroxylation is 2. The zero-order valence-corrected chi connectivity index (χ0v) is 15.7. The van der Waals surface area contributed by atoms with Gasteiger partial charge in [0.1, 0.15) is 17.7 Å². The Morgan fingerprint density at radius 3 is 2.89 bits per heavy atom. The van der Waals surface area contributed by atoms with Crippen LogP contribution in [0.3, 0.4) is 0 Å². The molecule has 2 N–H and O–H groups in total. The summed E-state index contributed by atoms with van der Waals surface area (Å²) in [7, 11) is 1.69. The maximum atomic E-state index is 12.8. The monoisotopic (exact) mass is 379 g/mol. The Balaban J connectivity index is 1.45. The molecule has 1 aliphatic heterocycles. The number of benzene rings is 1. The Morgan fingerprint density at radius 1 is 1.32 bits per heavy atom. The fourth-order valence-corrected chi connectivity index (χ4v) is 3.41. The van der Waals surface area contributed by atoms with Crippen molar-refractivity contribution in [2.45, 2.75) is 32.4 Å². The van der Waals surface area contributed by atoms with E-state index in [1.807, 2.05) is 37.3 Å². The molecule has 2 aromatic heterocycles. The fraction of sp³-hybridized carbons (Fsp3) is 0.316. The molecule has 0 saturated carbocycles. The van der Waals surface area contributed by atoms with Gasteiger partial charge in [-0.1, -0.05) is 30.3 Å². The number of nitrogens with zero attached hydrogens (tertiary/aromatic N) is 5. The van der Waals surface area contributed by atoms with E-state index in [0.29, 0.717) is 25.2 Å². The van der Waals surface area contributed by atoms with Crippen LogP contribution < -0.4 is 10.2 Å². The number of carbonyl (C=O) groups is 2. The Kier molecular flexibility index (Phi) is 4.64. The van der Waals surface area contributed by atoms with Crippen molar-refractivity contribution < 1.29 is 9.59 Å². The molecule has 28 heavy (non-hydrogen) atoms. The van der Waals surface area contributed by atoms with E-state index >= 15 is 0 Å². The summed E-state index contributed by atoms with van der Waals surface area (Å²) in [5.74, 6) is 0.718. The lowest BCUT2D eigenvalue weighted by molar-refractivity contribution is -0.120. The second-order valence-electron chi connectivity index (χ2n) is 6.85. The van der Waals surface area contributed by atoms with Gasteiger partial charge in [-0.3, -0.25) is 19.6 Å². The highest BCUT2D eigenvalue weighted by atomic mass is 16.2. The minimum absolute atomic E-state index is 0.0274. The van der Waals surface area contributed by atoms with Gasteiger partial charge in [0.15, 0.2) is 0 Å². The number of aromatic amines is 1. The van der Waals surface area contributed by atoms with Crippen LogP contribution in [0.2, 0.25) is 0 Å². The Hall–Kier alpha value is -3.49. The molecular weight excluding hydrogens is 358 g/mol. The third-order valence-electron chi connectivity index (χ3n) is 4.82. The number of H-pyrrole nitrogens is 1. The maximum Gasteiger partial charge on any atom is 0.291 e. The molecule has 0 saturated heterocycles. The Bertz CT molecular complexity index is 1010. The minimum Gasteiger partial charge on any atom is -0.337 e. The van der Waals surface area contributed by atoms with Crippen LogP contribution in [0.1, 0.15) is 34.0 Å². The summed E-state index contributed by atoms with van der Waals surface area (Å²) in [6.07, 6.45) is 2.73. The summed E-state index contributed by atoms with van der Waals surface area (Å²) in [4.78, 5) is 31.2. The first-order valence-corrected chi connectivity index (χ1v) is 9.09. The van der Waals surface area contributed by atoms with Crippen molar-refractivity contribution in [1.82, 2.24) is 30.3 Å². The van der Waals surface area contributed by atoms with Gasteiger partial charge >= 0.3 is 0 Å². The van der Waals surface area contributed by atoms with E-state index in [9.17, 15) is 9.59 Å². The standard InChI is InChI=1S/C19H21N7O2/c1-12-11-20-26-9-8-14(19(28)25(2)18(12)26)21-17(27)16-22-15(23-24-16)10-13-6-4-3-5-7-13/h3-7,11,14H,8-10H2,1-2H3,(H,21,27)(H,22,23,24)/t14-/m1/s1. The molecule has 1 aromatic carbocycles.